The highest BCUT2D eigenvalue weighted by molar-refractivity contribution is 5.80. The van der Waals surface area contributed by atoms with Gasteiger partial charge in [-0.1, -0.05) is 47.6 Å². The van der Waals surface area contributed by atoms with E-state index in [0.717, 1.165) is 0 Å². The molecule has 2 atom stereocenters. The zero-order chi connectivity index (χ0) is 30.4. The highest BCUT2D eigenvalue weighted by Gasteiger charge is 2.38. The first kappa shape index (κ1) is 33.9. The van der Waals surface area contributed by atoms with Crippen LogP contribution in [0.5, 0.6) is 11.5 Å². The van der Waals surface area contributed by atoms with E-state index >= 15 is 0 Å². The molecule has 1 aromatic rings. The summed E-state index contributed by atoms with van der Waals surface area (Å²) in [6.07, 6.45) is -1.99. The number of carbonyl (C=O) groups is 4. The Labute approximate surface area is 231 Å². The van der Waals surface area contributed by atoms with Gasteiger partial charge in [0.15, 0.2) is 11.5 Å². The van der Waals surface area contributed by atoms with Crippen molar-refractivity contribution in [1.82, 2.24) is 0 Å². The van der Waals surface area contributed by atoms with Crippen LogP contribution >= 0.6 is 0 Å². The summed E-state index contributed by atoms with van der Waals surface area (Å²) >= 11 is 0. The maximum absolute atomic E-state index is 12.6. The van der Waals surface area contributed by atoms with E-state index in [1.807, 2.05) is 41.5 Å². The molecule has 1 unspecified atom stereocenters. The lowest BCUT2D eigenvalue weighted by Crippen LogP contribution is -2.52. The molecule has 0 aliphatic carbocycles. The van der Waals surface area contributed by atoms with Gasteiger partial charge < -0.3 is 29.8 Å². The number of carboxylic acid groups (broad SMARTS) is 1. The van der Waals surface area contributed by atoms with Crippen LogP contribution in [0.15, 0.2) is 18.2 Å². The fourth-order valence-electron chi connectivity index (χ4n) is 3.60. The third kappa shape index (κ3) is 13.5. The van der Waals surface area contributed by atoms with Crippen LogP contribution in [-0.4, -0.2) is 46.4 Å². The Morgan fingerprint density at radius 1 is 0.846 bits per heavy atom. The maximum atomic E-state index is 12.6. The molecule has 10 nitrogen and oxygen atoms in total. The number of carbonyl (C=O) groups excluding carboxylic acids is 3. The second kappa shape index (κ2) is 12.8. The summed E-state index contributed by atoms with van der Waals surface area (Å²) in [6.45, 7) is 17.9. The molecule has 0 bridgehead atoms. The Kier molecular flexibility index (Phi) is 11.1. The summed E-state index contributed by atoms with van der Waals surface area (Å²) in [5.74, 6) is -2.33. The average Bonchev–Trinajstić information content (AvgIpc) is 2.64. The Morgan fingerprint density at radius 2 is 1.33 bits per heavy atom. The SMILES string of the molecule is C[C@@H](CC(N)(Cc1ccc(OC(=O)CC(C)(C)C)c(OC(=O)CC(C)(C)C)c1)C(=O)O)OC(=O)OC(C)(C)C. The first-order chi connectivity index (χ1) is 17.5. The molecule has 3 N–H and O–H groups in total. The number of ether oxygens (including phenoxy) is 4. The number of benzene rings is 1. The predicted molar refractivity (Wildman–Crippen MR) is 146 cm³/mol. The average molecular weight is 552 g/mol. The van der Waals surface area contributed by atoms with Gasteiger partial charge in [-0.15, -0.1) is 0 Å². The lowest BCUT2D eigenvalue weighted by atomic mass is 9.86. The third-order valence-electron chi connectivity index (χ3n) is 5.09. The highest BCUT2D eigenvalue weighted by Crippen LogP contribution is 2.33. The van der Waals surface area contributed by atoms with Gasteiger partial charge in [0.1, 0.15) is 17.2 Å². The van der Waals surface area contributed by atoms with Crippen LogP contribution in [0.3, 0.4) is 0 Å². The second-order valence-corrected chi connectivity index (χ2v) is 13.4. The second-order valence-electron chi connectivity index (χ2n) is 13.4. The normalized spacial score (nSPS) is 14.5. The molecule has 0 aliphatic heterocycles. The molecule has 0 fully saturated rings. The number of rotatable bonds is 10. The molecule has 0 radical (unpaired) electrons. The van der Waals surface area contributed by atoms with E-state index in [0.29, 0.717) is 5.56 Å². The molecule has 10 heteroatoms. The van der Waals surface area contributed by atoms with Crippen LogP contribution in [0.25, 0.3) is 0 Å². The summed E-state index contributed by atoms with van der Waals surface area (Å²) in [5, 5.41) is 9.94. The summed E-state index contributed by atoms with van der Waals surface area (Å²) in [6, 6.07) is 4.42. The zero-order valence-electron chi connectivity index (χ0n) is 24.9. The third-order valence-corrected chi connectivity index (χ3v) is 5.09. The van der Waals surface area contributed by atoms with Gasteiger partial charge in [0.2, 0.25) is 0 Å². The minimum absolute atomic E-state index is 0.0187. The molecule has 1 aromatic carbocycles. The molecule has 0 aromatic heterocycles. The number of aliphatic carboxylic acids is 1. The van der Waals surface area contributed by atoms with Crippen LogP contribution in [-0.2, 0) is 30.3 Å². The summed E-state index contributed by atoms with van der Waals surface area (Å²) in [7, 11) is 0. The van der Waals surface area contributed by atoms with E-state index in [4.69, 9.17) is 24.7 Å². The van der Waals surface area contributed by atoms with Gasteiger partial charge >= 0.3 is 24.1 Å². The lowest BCUT2D eigenvalue weighted by molar-refractivity contribution is -0.145. The Hall–Kier alpha value is -3.14. The molecule has 0 aliphatic rings. The van der Waals surface area contributed by atoms with E-state index in [1.165, 1.54) is 19.1 Å². The van der Waals surface area contributed by atoms with Gasteiger partial charge in [-0.3, -0.25) is 14.4 Å². The van der Waals surface area contributed by atoms with Crippen LogP contribution in [0.2, 0.25) is 0 Å². The molecule has 1 rings (SSSR count). The lowest BCUT2D eigenvalue weighted by Gasteiger charge is -2.28. The summed E-state index contributed by atoms with van der Waals surface area (Å²) in [5.41, 5.74) is 3.41. The van der Waals surface area contributed by atoms with Crippen molar-refractivity contribution in [1.29, 1.82) is 0 Å². The van der Waals surface area contributed by atoms with Gasteiger partial charge in [-0.05, 0) is 56.2 Å². The fourth-order valence-corrected chi connectivity index (χ4v) is 3.60. The largest absolute Gasteiger partial charge is 0.509 e. The van der Waals surface area contributed by atoms with Gasteiger partial charge in [0.25, 0.3) is 0 Å². The van der Waals surface area contributed by atoms with Gasteiger partial charge in [0, 0.05) is 12.8 Å². The fraction of sp³-hybridized carbons (Fsp3) is 0.655. The Bertz CT molecular complexity index is 1040. The smallest absolute Gasteiger partial charge is 0.480 e. The molecule has 220 valence electrons. The highest BCUT2D eigenvalue weighted by atomic mass is 16.7. The van der Waals surface area contributed by atoms with Crippen LogP contribution in [0.4, 0.5) is 4.79 Å². The Balaban J connectivity index is 3.24. The number of carboxylic acids is 1. The van der Waals surface area contributed by atoms with E-state index in [1.54, 1.807) is 26.8 Å². The standard InChI is InChI=1S/C29H45NO9/c1-18(36-25(35)39-28(8,9)10)14-29(30,24(33)34)15-19-11-12-20(37-22(31)16-26(2,3)4)21(13-19)38-23(32)17-27(5,6)7/h11-13,18H,14-17,30H2,1-10H3,(H,33,34)/t18-,29?/m0/s1. The first-order valence-corrected chi connectivity index (χ1v) is 12.9. The van der Waals surface area contributed by atoms with Crippen LogP contribution in [0.1, 0.15) is 94.1 Å². The van der Waals surface area contributed by atoms with Crippen molar-refractivity contribution in [2.24, 2.45) is 16.6 Å². The van der Waals surface area contributed by atoms with Crippen molar-refractivity contribution < 1.29 is 43.2 Å². The zero-order valence-corrected chi connectivity index (χ0v) is 24.9. The van der Waals surface area contributed by atoms with Crippen LogP contribution in [0, 0.1) is 10.8 Å². The summed E-state index contributed by atoms with van der Waals surface area (Å²) in [4.78, 5) is 49.3. The van der Waals surface area contributed by atoms with Gasteiger partial charge in [-0.2, -0.15) is 0 Å². The van der Waals surface area contributed by atoms with E-state index in [2.05, 4.69) is 0 Å². The van der Waals surface area contributed by atoms with Gasteiger partial charge in [0.05, 0.1) is 12.8 Å². The molecule has 0 saturated heterocycles. The quantitative estimate of drug-likeness (QED) is 0.285. The minimum atomic E-state index is -1.83. The minimum Gasteiger partial charge on any atom is -0.480 e. The van der Waals surface area contributed by atoms with Crippen molar-refractivity contribution in [3.8, 4) is 11.5 Å². The monoisotopic (exact) mass is 551 g/mol. The predicted octanol–water partition coefficient (Wildman–Crippen LogP) is 5.42. The molecular weight excluding hydrogens is 506 g/mol. The van der Waals surface area contributed by atoms with E-state index in [9.17, 15) is 24.3 Å². The van der Waals surface area contributed by atoms with E-state index in [-0.39, 0.29) is 48.0 Å². The molecule has 0 heterocycles. The first-order valence-electron chi connectivity index (χ1n) is 12.9. The molecule has 0 saturated carbocycles. The van der Waals surface area contributed by atoms with Crippen LogP contribution < -0.4 is 15.2 Å². The van der Waals surface area contributed by atoms with E-state index < -0.39 is 41.3 Å². The molecule has 39 heavy (non-hydrogen) atoms. The van der Waals surface area contributed by atoms with Crippen molar-refractivity contribution in [3.05, 3.63) is 23.8 Å². The maximum Gasteiger partial charge on any atom is 0.509 e. The number of esters is 2. The topological polar surface area (TPSA) is 151 Å². The van der Waals surface area contributed by atoms with Gasteiger partial charge in [-0.25, -0.2) is 4.79 Å². The van der Waals surface area contributed by atoms with Crippen molar-refractivity contribution in [2.75, 3.05) is 0 Å². The van der Waals surface area contributed by atoms with Crippen molar-refractivity contribution in [2.45, 2.75) is 112 Å². The Morgan fingerprint density at radius 3 is 1.77 bits per heavy atom. The summed E-state index contributed by atoms with van der Waals surface area (Å²) < 4.78 is 21.4. The van der Waals surface area contributed by atoms with Crippen molar-refractivity contribution >= 4 is 24.1 Å². The number of hydrogen-bond donors (Lipinski definition) is 2. The number of nitrogens with two attached hydrogens (primary N) is 1. The number of hydrogen-bond acceptors (Lipinski definition) is 9. The van der Waals surface area contributed by atoms with Crippen molar-refractivity contribution in [3.63, 3.8) is 0 Å². The molecular formula is C29H45NO9. The molecule has 0 amide bonds. The molecule has 0 spiro atoms.